The molecule has 2 aromatic rings. The van der Waals surface area contributed by atoms with Gasteiger partial charge in [0, 0.05) is 43.0 Å². The lowest BCUT2D eigenvalue weighted by molar-refractivity contribution is 0.214. The second-order valence-corrected chi connectivity index (χ2v) is 6.27. The maximum atomic E-state index is 6.13. The number of hydrogen-bond donors (Lipinski definition) is 2. The second kappa shape index (κ2) is 8.00. The van der Waals surface area contributed by atoms with Gasteiger partial charge in [0.15, 0.2) is 5.11 Å². The smallest absolute Gasteiger partial charge is 0.189 e. The maximum absolute atomic E-state index is 6.13. The van der Waals surface area contributed by atoms with Crippen LogP contribution in [0.2, 0.25) is 0 Å². The maximum Gasteiger partial charge on any atom is 0.189 e. The van der Waals surface area contributed by atoms with Gasteiger partial charge < -0.3 is 15.5 Å². The molecule has 2 heterocycles. The molecule has 1 aliphatic rings. The highest BCUT2D eigenvalue weighted by Crippen LogP contribution is 2.16. The Kier molecular flexibility index (Phi) is 5.52. The fourth-order valence-corrected chi connectivity index (χ4v) is 2.84. The summed E-state index contributed by atoms with van der Waals surface area (Å²) < 4.78 is 0. The predicted molar refractivity (Wildman–Crippen MR) is 103 cm³/mol. The van der Waals surface area contributed by atoms with Crippen molar-refractivity contribution in [2.24, 2.45) is 5.10 Å². The van der Waals surface area contributed by atoms with E-state index in [0.717, 1.165) is 37.3 Å². The summed E-state index contributed by atoms with van der Waals surface area (Å²) in [5.41, 5.74) is 12.1. The number of piperazine rings is 1. The molecule has 1 aromatic heterocycles. The number of nitrogens with two attached hydrogens (primary N) is 1. The molecular weight excluding hydrogens is 334 g/mol. The highest BCUT2D eigenvalue weighted by molar-refractivity contribution is 7.80. The van der Waals surface area contributed by atoms with Gasteiger partial charge in [0.1, 0.15) is 5.71 Å². The SMILES string of the molecule is CN1CCN(C(=S)N/N=C(\c2ccnnc2)c2ccccc2N)CC1. The van der Waals surface area contributed by atoms with Crippen molar-refractivity contribution >= 4 is 28.7 Å². The Labute approximate surface area is 152 Å². The number of para-hydroxylation sites is 1. The highest BCUT2D eigenvalue weighted by atomic mass is 32.1. The van der Waals surface area contributed by atoms with E-state index in [0.29, 0.717) is 16.5 Å². The summed E-state index contributed by atoms with van der Waals surface area (Å²) in [4.78, 5) is 4.40. The minimum absolute atomic E-state index is 0.613. The number of hydrazone groups is 1. The van der Waals surface area contributed by atoms with E-state index in [1.165, 1.54) is 0 Å². The zero-order chi connectivity index (χ0) is 17.6. The standard InChI is InChI=1S/C17H21N7S/c1-23-8-10-24(11-9-23)17(25)22-21-16(13-6-7-19-20-12-13)14-4-2-3-5-15(14)18/h2-7,12H,8-11,18H2,1H3,(H,22,25)/b21-16+. The molecule has 0 aliphatic carbocycles. The number of nitrogens with one attached hydrogen (secondary N) is 1. The van der Waals surface area contributed by atoms with Crippen LogP contribution in [0, 0.1) is 0 Å². The van der Waals surface area contributed by atoms with Gasteiger partial charge in [-0.05, 0) is 31.4 Å². The molecule has 0 unspecified atom stereocenters. The number of nitrogens with zero attached hydrogens (tertiary/aromatic N) is 5. The molecule has 0 radical (unpaired) electrons. The van der Waals surface area contributed by atoms with Gasteiger partial charge in [-0.25, -0.2) is 0 Å². The van der Waals surface area contributed by atoms with E-state index >= 15 is 0 Å². The molecule has 0 amide bonds. The third-order valence-corrected chi connectivity index (χ3v) is 4.48. The number of anilines is 1. The van der Waals surface area contributed by atoms with E-state index in [1.807, 2.05) is 30.3 Å². The summed E-state index contributed by atoms with van der Waals surface area (Å²) in [5, 5.41) is 12.9. The number of nitrogen functional groups attached to an aromatic ring is 1. The molecule has 1 saturated heterocycles. The Morgan fingerprint density at radius 2 is 1.92 bits per heavy atom. The first-order valence-electron chi connectivity index (χ1n) is 8.08. The van der Waals surface area contributed by atoms with Crippen molar-refractivity contribution < 1.29 is 0 Å². The lowest BCUT2D eigenvalue weighted by Crippen LogP contribution is -2.49. The molecule has 7 nitrogen and oxygen atoms in total. The summed E-state index contributed by atoms with van der Waals surface area (Å²) >= 11 is 5.49. The Morgan fingerprint density at radius 3 is 2.60 bits per heavy atom. The van der Waals surface area contributed by atoms with Crippen molar-refractivity contribution in [3.63, 3.8) is 0 Å². The van der Waals surface area contributed by atoms with Gasteiger partial charge in [-0.15, -0.1) is 0 Å². The normalized spacial score (nSPS) is 15.9. The molecule has 130 valence electrons. The number of thiocarbonyl (C=S) groups is 1. The molecular formula is C17H21N7S. The van der Waals surface area contributed by atoms with Gasteiger partial charge in [-0.2, -0.15) is 15.3 Å². The first kappa shape index (κ1) is 17.2. The lowest BCUT2D eigenvalue weighted by atomic mass is 10.0. The van der Waals surface area contributed by atoms with Crippen LogP contribution in [0.25, 0.3) is 0 Å². The van der Waals surface area contributed by atoms with Gasteiger partial charge in [0.05, 0.1) is 12.4 Å². The first-order valence-corrected chi connectivity index (χ1v) is 8.49. The summed E-state index contributed by atoms with van der Waals surface area (Å²) in [6.45, 7) is 3.74. The molecule has 0 bridgehead atoms. The minimum atomic E-state index is 0.613. The van der Waals surface area contributed by atoms with Crippen molar-refractivity contribution in [2.75, 3.05) is 39.0 Å². The molecule has 1 aliphatic heterocycles. The van der Waals surface area contributed by atoms with Crippen molar-refractivity contribution in [3.05, 3.63) is 53.9 Å². The first-order chi connectivity index (χ1) is 12.1. The molecule has 25 heavy (non-hydrogen) atoms. The topological polar surface area (TPSA) is 82.7 Å². The average Bonchev–Trinajstić information content (AvgIpc) is 2.64. The van der Waals surface area contributed by atoms with Crippen molar-refractivity contribution in [1.29, 1.82) is 0 Å². The molecule has 0 saturated carbocycles. The van der Waals surface area contributed by atoms with Crippen LogP contribution < -0.4 is 11.2 Å². The van der Waals surface area contributed by atoms with Crippen LogP contribution in [-0.4, -0.2) is 64.0 Å². The average molecular weight is 355 g/mol. The number of likely N-dealkylation sites (N-methyl/N-ethyl adjacent to an activating group) is 1. The Balaban J connectivity index is 1.83. The van der Waals surface area contributed by atoms with Crippen LogP contribution in [0.15, 0.2) is 47.8 Å². The Morgan fingerprint density at radius 1 is 1.16 bits per heavy atom. The number of benzene rings is 1. The van der Waals surface area contributed by atoms with E-state index in [9.17, 15) is 0 Å². The summed E-state index contributed by atoms with van der Waals surface area (Å²) in [6.07, 6.45) is 3.29. The molecule has 3 rings (SSSR count). The largest absolute Gasteiger partial charge is 0.398 e. The number of rotatable bonds is 3. The fraction of sp³-hybridized carbons (Fsp3) is 0.294. The van der Waals surface area contributed by atoms with E-state index in [1.54, 1.807) is 12.4 Å². The van der Waals surface area contributed by atoms with E-state index in [2.05, 4.69) is 37.6 Å². The minimum Gasteiger partial charge on any atom is -0.398 e. The lowest BCUT2D eigenvalue weighted by Gasteiger charge is -2.33. The number of aromatic nitrogens is 2. The van der Waals surface area contributed by atoms with Gasteiger partial charge in [-0.3, -0.25) is 5.43 Å². The van der Waals surface area contributed by atoms with E-state index in [-0.39, 0.29) is 0 Å². The van der Waals surface area contributed by atoms with Crippen LogP contribution in [0.4, 0.5) is 5.69 Å². The molecule has 1 fully saturated rings. The van der Waals surface area contributed by atoms with Gasteiger partial charge in [0.25, 0.3) is 0 Å². The monoisotopic (exact) mass is 355 g/mol. The zero-order valence-corrected chi connectivity index (χ0v) is 14.9. The second-order valence-electron chi connectivity index (χ2n) is 5.89. The number of hydrogen-bond acceptors (Lipinski definition) is 6. The molecule has 1 aromatic carbocycles. The van der Waals surface area contributed by atoms with Crippen LogP contribution in [0.1, 0.15) is 11.1 Å². The summed E-state index contributed by atoms with van der Waals surface area (Å²) in [7, 11) is 2.11. The van der Waals surface area contributed by atoms with Crippen molar-refractivity contribution in [1.82, 2.24) is 25.4 Å². The Hall–Kier alpha value is -2.58. The van der Waals surface area contributed by atoms with Gasteiger partial charge in [0.2, 0.25) is 0 Å². The zero-order valence-electron chi connectivity index (χ0n) is 14.1. The van der Waals surface area contributed by atoms with Crippen LogP contribution in [-0.2, 0) is 0 Å². The predicted octanol–water partition coefficient (Wildman–Crippen LogP) is 0.933. The highest BCUT2D eigenvalue weighted by Gasteiger charge is 2.17. The molecule has 0 spiro atoms. The molecule has 0 atom stereocenters. The van der Waals surface area contributed by atoms with E-state index in [4.69, 9.17) is 18.0 Å². The third-order valence-electron chi connectivity index (χ3n) is 4.13. The molecule has 3 N–H and O–H groups in total. The van der Waals surface area contributed by atoms with Crippen LogP contribution in [0.5, 0.6) is 0 Å². The van der Waals surface area contributed by atoms with Gasteiger partial charge >= 0.3 is 0 Å². The summed E-state index contributed by atoms with van der Waals surface area (Å²) in [5.74, 6) is 0. The molecule has 8 heteroatoms. The van der Waals surface area contributed by atoms with E-state index < -0.39 is 0 Å². The van der Waals surface area contributed by atoms with Crippen LogP contribution >= 0.6 is 12.2 Å². The summed E-state index contributed by atoms with van der Waals surface area (Å²) in [6, 6.07) is 9.43. The quantitative estimate of drug-likeness (QED) is 0.367. The van der Waals surface area contributed by atoms with Crippen molar-refractivity contribution in [2.45, 2.75) is 0 Å². The van der Waals surface area contributed by atoms with Gasteiger partial charge in [-0.1, -0.05) is 18.2 Å². The third kappa shape index (κ3) is 4.28. The van der Waals surface area contributed by atoms with Crippen LogP contribution in [0.3, 0.4) is 0 Å². The Bertz CT molecular complexity index is 755. The van der Waals surface area contributed by atoms with Crippen molar-refractivity contribution in [3.8, 4) is 0 Å². The fourth-order valence-electron chi connectivity index (χ4n) is 2.61.